The van der Waals surface area contributed by atoms with Gasteiger partial charge in [0.05, 0.1) is 13.2 Å². The fourth-order valence-corrected chi connectivity index (χ4v) is 3.24. The Labute approximate surface area is 146 Å². The molecule has 0 saturated carbocycles. The van der Waals surface area contributed by atoms with Crippen molar-refractivity contribution < 1.29 is 19.4 Å². The van der Waals surface area contributed by atoms with Gasteiger partial charge in [0.1, 0.15) is 5.75 Å². The van der Waals surface area contributed by atoms with Gasteiger partial charge in [-0.15, -0.1) is 0 Å². The predicted octanol–water partition coefficient (Wildman–Crippen LogP) is 3.45. The van der Waals surface area contributed by atoms with Gasteiger partial charge in [-0.1, -0.05) is 36.4 Å². The third-order valence-electron chi connectivity index (χ3n) is 4.86. The van der Waals surface area contributed by atoms with Gasteiger partial charge >= 0.3 is 5.97 Å². The second-order valence-electron chi connectivity index (χ2n) is 6.41. The summed E-state index contributed by atoms with van der Waals surface area (Å²) in [5.41, 5.74) is -0.523. The van der Waals surface area contributed by atoms with Gasteiger partial charge in [0.15, 0.2) is 5.41 Å². The minimum Gasteiger partial charge on any atom is -0.496 e. The molecule has 0 saturated heterocycles. The summed E-state index contributed by atoms with van der Waals surface area (Å²) in [6, 6.07) is 11.4. The fraction of sp³-hybridized carbons (Fsp3) is 0.300. The van der Waals surface area contributed by atoms with E-state index in [1.54, 1.807) is 19.3 Å². The van der Waals surface area contributed by atoms with Crippen LogP contribution in [-0.4, -0.2) is 24.1 Å². The smallest absolute Gasteiger partial charge is 0.319 e. The molecule has 0 aromatic heterocycles. The lowest BCUT2D eigenvalue weighted by molar-refractivity contribution is -0.155. The van der Waals surface area contributed by atoms with E-state index in [-0.39, 0.29) is 18.9 Å². The first kappa shape index (κ1) is 17.0. The van der Waals surface area contributed by atoms with Gasteiger partial charge < -0.3 is 15.2 Å². The number of methoxy groups -OCH3 is 1. The van der Waals surface area contributed by atoms with Gasteiger partial charge in [0.25, 0.3) is 0 Å². The topological polar surface area (TPSA) is 75.6 Å². The van der Waals surface area contributed by atoms with E-state index in [1.165, 1.54) is 0 Å². The average Bonchev–Trinajstić information content (AvgIpc) is 3.12. The van der Waals surface area contributed by atoms with E-state index in [4.69, 9.17) is 4.74 Å². The molecule has 0 bridgehead atoms. The van der Waals surface area contributed by atoms with Crippen molar-refractivity contribution in [1.29, 1.82) is 0 Å². The SMILES string of the molecule is COc1cc(C(C)NC(=O)C2(C(=O)O)CC=CC2)cc2ccccc12. The summed E-state index contributed by atoms with van der Waals surface area (Å²) in [6.45, 7) is 1.85. The summed E-state index contributed by atoms with van der Waals surface area (Å²) < 4.78 is 5.46. The third kappa shape index (κ3) is 2.97. The van der Waals surface area contributed by atoms with E-state index in [1.807, 2.05) is 43.3 Å². The average molecular weight is 339 g/mol. The van der Waals surface area contributed by atoms with Crippen molar-refractivity contribution in [2.24, 2.45) is 5.41 Å². The number of hydrogen-bond donors (Lipinski definition) is 2. The van der Waals surface area contributed by atoms with Crippen LogP contribution >= 0.6 is 0 Å². The Morgan fingerprint density at radius 1 is 1.20 bits per heavy atom. The Kier molecular flexibility index (Phi) is 4.49. The highest BCUT2D eigenvalue weighted by molar-refractivity contribution is 6.03. The maximum Gasteiger partial charge on any atom is 0.319 e. The third-order valence-corrected chi connectivity index (χ3v) is 4.86. The van der Waals surface area contributed by atoms with Crippen molar-refractivity contribution in [3.63, 3.8) is 0 Å². The Morgan fingerprint density at radius 2 is 1.88 bits per heavy atom. The number of allylic oxidation sites excluding steroid dienone is 2. The van der Waals surface area contributed by atoms with E-state index < -0.39 is 17.3 Å². The van der Waals surface area contributed by atoms with Gasteiger partial charge in [-0.05, 0) is 42.8 Å². The van der Waals surface area contributed by atoms with Crippen LogP contribution in [0.2, 0.25) is 0 Å². The summed E-state index contributed by atoms with van der Waals surface area (Å²) in [4.78, 5) is 24.3. The summed E-state index contributed by atoms with van der Waals surface area (Å²) in [6.07, 6.45) is 3.94. The summed E-state index contributed by atoms with van der Waals surface area (Å²) >= 11 is 0. The highest BCUT2D eigenvalue weighted by Crippen LogP contribution is 2.35. The van der Waals surface area contributed by atoms with Crippen molar-refractivity contribution >= 4 is 22.6 Å². The monoisotopic (exact) mass is 339 g/mol. The zero-order valence-electron chi connectivity index (χ0n) is 14.3. The first-order valence-corrected chi connectivity index (χ1v) is 8.24. The standard InChI is InChI=1S/C20H21NO4/c1-13(21-18(22)20(19(23)24)9-5-6-10-20)15-11-14-7-3-4-8-16(14)17(12-15)25-2/h3-8,11-13H,9-10H2,1-2H3,(H,21,22)(H,23,24). The van der Waals surface area contributed by atoms with Gasteiger partial charge in [-0.3, -0.25) is 9.59 Å². The van der Waals surface area contributed by atoms with Crippen LogP contribution in [0.1, 0.15) is 31.4 Å². The minimum atomic E-state index is -1.39. The molecule has 1 aliphatic rings. The number of carboxylic acid groups (broad SMARTS) is 1. The molecule has 25 heavy (non-hydrogen) atoms. The molecule has 0 aliphatic heterocycles. The van der Waals surface area contributed by atoms with Crippen LogP contribution in [-0.2, 0) is 9.59 Å². The number of aliphatic carboxylic acids is 1. The fourth-order valence-electron chi connectivity index (χ4n) is 3.24. The maximum absolute atomic E-state index is 12.6. The Bertz CT molecular complexity index is 848. The molecule has 1 aliphatic carbocycles. The molecule has 1 unspecified atom stereocenters. The molecule has 1 atom stereocenters. The zero-order valence-corrected chi connectivity index (χ0v) is 14.3. The largest absolute Gasteiger partial charge is 0.496 e. The number of benzene rings is 2. The molecule has 2 aromatic rings. The Hall–Kier alpha value is -2.82. The number of nitrogens with one attached hydrogen (secondary N) is 1. The molecule has 0 spiro atoms. The van der Waals surface area contributed by atoms with E-state index in [0.717, 1.165) is 22.1 Å². The predicted molar refractivity (Wildman–Crippen MR) is 95.5 cm³/mol. The van der Waals surface area contributed by atoms with Crippen LogP contribution in [0.4, 0.5) is 0 Å². The second kappa shape index (κ2) is 6.59. The maximum atomic E-state index is 12.6. The lowest BCUT2D eigenvalue weighted by atomic mass is 9.84. The van der Waals surface area contributed by atoms with Crippen LogP contribution in [0.5, 0.6) is 5.75 Å². The molecule has 0 fully saturated rings. The Morgan fingerprint density at radius 3 is 2.52 bits per heavy atom. The number of carbonyl (C=O) groups is 2. The molecule has 0 radical (unpaired) electrons. The van der Waals surface area contributed by atoms with E-state index in [2.05, 4.69) is 5.32 Å². The Balaban J connectivity index is 1.88. The molecular formula is C20H21NO4. The van der Waals surface area contributed by atoms with Gasteiger partial charge in [-0.25, -0.2) is 0 Å². The second-order valence-corrected chi connectivity index (χ2v) is 6.41. The van der Waals surface area contributed by atoms with Crippen LogP contribution in [0, 0.1) is 5.41 Å². The summed E-state index contributed by atoms with van der Waals surface area (Å²) in [7, 11) is 1.61. The quantitative estimate of drug-likeness (QED) is 0.646. The van der Waals surface area contributed by atoms with Crippen LogP contribution < -0.4 is 10.1 Å². The number of amides is 1. The van der Waals surface area contributed by atoms with Crippen molar-refractivity contribution in [1.82, 2.24) is 5.32 Å². The molecule has 2 aromatic carbocycles. The highest BCUT2D eigenvalue weighted by atomic mass is 16.5. The molecule has 5 nitrogen and oxygen atoms in total. The van der Waals surface area contributed by atoms with Gasteiger partial charge in [-0.2, -0.15) is 0 Å². The number of hydrogen-bond acceptors (Lipinski definition) is 3. The number of ether oxygens (including phenoxy) is 1. The number of fused-ring (bicyclic) bond motifs is 1. The van der Waals surface area contributed by atoms with E-state index in [0.29, 0.717) is 0 Å². The summed E-state index contributed by atoms with van der Waals surface area (Å²) in [5.74, 6) is -0.812. The number of rotatable bonds is 5. The molecule has 130 valence electrons. The zero-order chi connectivity index (χ0) is 18.0. The minimum absolute atomic E-state index is 0.224. The highest BCUT2D eigenvalue weighted by Gasteiger charge is 2.46. The van der Waals surface area contributed by atoms with Crippen LogP contribution in [0.25, 0.3) is 10.8 Å². The lowest BCUT2D eigenvalue weighted by Crippen LogP contribution is -2.45. The molecule has 1 amide bonds. The van der Waals surface area contributed by atoms with Crippen LogP contribution in [0.15, 0.2) is 48.6 Å². The van der Waals surface area contributed by atoms with E-state index in [9.17, 15) is 14.7 Å². The van der Waals surface area contributed by atoms with Crippen molar-refractivity contribution in [3.05, 3.63) is 54.1 Å². The number of carbonyl (C=O) groups excluding carboxylic acids is 1. The number of carboxylic acids is 1. The van der Waals surface area contributed by atoms with Gasteiger partial charge in [0, 0.05) is 5.39 Å². The van der Waals surface area contributed by atoms with Crippen LogP contribution in [0.3, 0.4) is 0 Å². The molecular weight excluding hydrogens is 318 g/mol. The first-order chi connectivity index (χ1) is 12.0. The molecule has 5 heteroatoms. The van der Waals surface area contributed by atoms with Crippen molar-refractivity contribution in [2.75, 3.05) is 7.11 Å². The normalized spacial score (nSPS) is 16.6. The molecule has 3 rings (SSSR count). The van der Waals surface area contributed by atoms with Crippen molar-refractivity contribution in [2.45, 2.75) is 25.8 Å². The lowest BCUT2D eigenvalue weighted by Gasteiger charge is -2.25. The molecule has 0 heterocycles. The molecule has 2 N–H and O–H groups in total. The van der Waals surface area contributed by atoms with E-state index >= 15 is 0 Å². The van der Waals surface area contributed by atoms with Crippen molar-refractivity contribution in [3.8, 4) is 5.75 Å². The first-order valence-electron chi connectivity index (χ1n) is 8.24. The van der Waals surface area contributed by atoms with Gasteiger partial charge in [0.2, 0.25) is 5.91 Å². The summed E-state index contributed by atoms with van der Waals surface area (Å²) in [5, 5.41) is 14.4.